The first-order chi connectivity index (χ1) is 8.04. The number of rotatable bonds is 5. The molecule has 0 fully saturated rings. The fourth-order valence-electron chi connectivity index (χ4n) is 1.18. The molecule has 0 atom stereocenters. The predicted octanol–water partition coefficient (Wildman–Crippen LogP) is 1.50. The van der Waals surface area contributed by atoms with Gasteiger partial charge in [0.1, 0.15) is 6.29 Å². The third kappa shape index (κ3) is 3.86. The van der Waals surface area contributed by atoms with Gasteiger partial charge in [-0.1, -0.05) is 0 Å². The number of ether oxygens (including phenoxy) is 1. The summed E-state index contributed by atoms with van der Waals surface area (Å²) >= 11 is 0. The average Bonchev–Trinajstić information content (AvgIpc) is 2.30. The van der Waals surface area contributed by atoms with Gasteiger partial charge in [0.25, 0.3) is 0 Å². The SMILES string of the molecule is CN(C)C(=O)CCOc1ccc(C=O)cc1F. The first kappa shape index (κ1) is 13.2. The lowest BCUT2D eigenvalue weighted by Gasteiger charge is -2.11. The molecule has 0 saturated heterocycles. The molecule has 0 N–H and O–H groups in total. The Kier molecular flexibility index (Phi) is 4.63. The fraction of sp³-hybridized carbons (Fsp3) is 0.333. The summed E-state index contributed by atoms with van der Waals surface area (Å²) in [5.74, 6) is -0.649. The van der Waals surface area contributed by atoms with E-state index < -0.39 is 5.82 Å². The number of hydrogen-bond acceptors (Lipinski definition) is 3. The van der Waals surface area contributed by atoms with E-state index in [0.717, 1.165) is 6.07 Å². The molecule has 17 heavy (non-hydrogen) atoms. The van der Waals surface area contributed by atoms with Crippen molar-refractivity contribution < 1.29 is 18.7 Å². The lowest BCUT2D eigenvalue weighted by molar-refractivity contribution is -0.129. The summed E-state index contributed by atoms with van der Waals surface area (Å²) in [4.78, 5) is 23.1. The molecule has 4 nitrogen and oxygen atoms in total. The van der Waals surface area contributed by atoms with Crippen molar-refractivity contribution in [3.8, 4) is 5.75 Å². The van der Waals surface area contributed by atoms with E-state index >= 15 is 0 Å². The van der Waals surface area contributed by atoms with E-state index in [0.29, 0.717) is 6.29 Å². The molecule has 0 saturated carbocycles. The number of carbonyl (C=O) groups excluding carboxylic acids is 2. The molecule has 0 aliphatic heterocycles. The Bertz CT molecular complexity index is 418. The highest BCUT2D eigenvalue weighted by Crippen LogP contribution is 2.17. The maximum atomic E-state index is 13.3. The van der Waals surface area contributed by atoms with Crippen LogP contribution < -0.4 is 4.74 Å². The first-order valence-corrected chi connectivity index (χ1v) is 5.12. The molecular weight excluding hydrogens is 225 g/mol. The van der Waals surface area contributed by atoms with E-state index in [2.05, 4.69) is 0 Å². The summed E-state index contributed by atoms with van der Waals surface area (Å²) in [6, 6.07) is 3.93. The van der Waals surface area contributed by atoms with Crippen LogP contribution >= 0.6 is 0 Å². The second-order valence-corrected chi connectivity index (χ2v) is 3.69. The van der Waals surface area contributed by atoms with Gasteiger partial charge in [-0.15, -0.1) is 0 Å². The van der Waals surface area contributed by atoms with Crippen LogP contribution in [0.1, 0.15) is 16.8 Å². The van der Waals surface area contributed by atoms with Crippen LogP contribution in [0.15, 0.2) is 18.2 Å². The highest BCUT2D eigenvalue weighted by atomic mass is 19.1. The summed E-state index contributed by atoms with van der Waals surface area (Å²) in [5, 5.41) is 0. The van der Waals surface area contributed by atoms with Crippen LogP contribution in [0, 0.1) is 5.82 Å². The molecular formula is C12H14FNO3. The van der Waals surface area contributed by atoms with Gasteiger partial charge < -0.3 is 9.64 Å². The molecule has 0 aliphatic rings. The van der Waals surface area contributed by atoms with Gasteiger partial charge in [0.05, 0.1) is 13.0 Å². The summed E-state index contributed by atoms with van der Waals surface area (Å²) in [5.41, 5.74) is 0.249. The molecule has 1 aromatic rings. The van der Waals surface area contributed by atoms with Crippen LogP contribution in [0.3, 0.4) is 0 Å². The van der Waals surface area contributed by atoms with Crippen LogP contribution in [0.25, 0.3) is 0 Å². The Morgan fingerprint density at radius 1 is 1.47 bits per heavy atom. The van der Waals surface area contributed by atoms with E-state index in [9.17, 15) is 14.0 Å². The van der Waals surface area contributed by atoms with Gasteiger partial charge in [-0.25, -0.2) is 4.39 Å². The smallest absolute Gasteiger partial charge is 0.225 e. The topological polar surface area (TPSA) is 46.6 Å². The molecule has 0 unspecified atom stereocenters. The highest BCUT2D eigenvalue weighted by molar-refractivity contribution is 5.76. The number of benzene rings is 1. The maximum Gasteiger partial charge on any atom is 0.225 e. The molecule has 0 spiro atoms. The van der Waals surface area contributed by atoms with E-state index in [4.69, 9.17) is 4.74 Å². The van der Waals surface area contributed by atoms with Crippen molar-refractivity contribution in [2.24, 2.45) is 0 Å². The number of hydrogen-bond donors (Lipinski definition) is 0. The summed E-state index contributed by atoms with van der Waals surface area (Å²) in [6.07, 6.45) is 0.740. The molecule has 0 radical (unpaired) electrons. The molecule has 5 heteroatoms. The number of aldehydes is 1. The van der Waals surface area contributed by atoms with Gasteiger partial charge in [0, 0.05) is 19.7 Å². The van der Waals surface area contributed by atoms with Crippen molar-refractivity contribution >= 4 is 12.2 Å². The van der Waals surface area contributed by atoms with Gasteiger partial charge in [0.15, 0.2) is 11.6 Å². The Morgan fingerprint density at radius 2 is 2.18 bits per heavy atom. The zero-order valence-electron chi connectivity index (χ0n) is 9.77. The van der Waals surface area contributed by atoms with Crippen LogP contribution in [-0.4, -0.2) is 37.8 Å². The van der Waals surface area contributed by atoms with Crippen LogP contribution in [0.4, 0.5) is 4.39 Å². The minimum atomic E-state index is -0.605. The Labute approximate surface area is 99.0 Å². The highest BCUT2D eigenvalue weighted by Gasteiger charge is 2.07. The van der Waals surface area contributed by atoms with Crippen LogP contribution in [0.5, 0.6) is 5.75 Å². The molecule has 1 rings (SSSR count). The Morgan fingerprint density at radius 3 is 2.71 bits per heavy atom. The number of halogens is 1. The standard InChI is InChI=1S/C12H14FNO3/c1-14(2)12(16)5-6-17-11-4-3-9(8-15)7-10(11)13/h3-4,7-8H,5-6H2,1-2H3. The van der Waals surface area contributed by atoms with Crippen molar-refractivity contribution in [1.82, 2.24) is 4.90 Å². The van der Waals surface area contributed by atoms with E-state index in [1.54, 1.807) is 14.1 Å². The van der Waals surface area contributed by atoms with E-state index in [-0.39, 0.29) is 30.2 Å². The molecule has 0 aliphatic carbocycles. The predicted molar refractivity (Wildman–Crippen MR) is 60.6 cm³/mol. The lowest BCUT2D eigenvalue weighted by Crippen LogP contribution is -2.23. The normalized spacial score (nSPS) is 9.82. The first-order valence-electron chi connectivity index (χ1n) is 5.12. The largest absolute Gasteiger partial charge is 0.490 e. The van der Waals surface area contributed by atoms with Gasteiger partial charge in [-0.3, -0.25) is 9.59 Å². The quantitative estimate of drug-likeness (QED) is 0.731. The van der Waals surface area contributed by atoms with Gasteiger partial charge in [-0.05, 0) is 18.2 Å². The number of amides is 1. The third-order valence-corrected chi connectivity index (χ3v) is 2.16. The summed E-state index contributed by atoms with van der Waals surface area (Å²) in [6.45, 7) is 0.106. The average molecular weight is 239 g/mol. The van der Waals surface area contributed by atoms with Crippen LogP contribution in [0.2, 0.25) is 0 Å². The minimum Gasteiger partial charge on any atom is -0.490 e. The van der Waals surface area contributed by atoms with Crippen molar-refractivity contribution in [1.29, 1.82) is 0 Å². The Balaban J connectivity index is 2.52. The zero-order valence-corrected chi connectivity index (χ0v) is 9.77. The van der Waals surface area contributed by atoms with Crippen molar-refractivity contribution in [3.05, 3.63) is 29.6 Å². The minimum absolute atomic E-state index is 0.0437. The second kappa shape index (κ2) is 5.98. The van der Waals surface area contributed by atoms with E-state index in [1.165, 1.54) is 17.0 Å². The second-order valence-electron chi connectivity index (χ2n) is 3.69. The number of nitrogens with zero attached hydrogens (tertiary/aromatic N) is 1. The fourth-order valence-corrected chi connectivity index (χ4v) is 1.18. The van der Waals surface area contributed by atoms with Crippen molar-refractivity contribution in [2.45, 2.75) is 6.42 Å². The van der Waals surface area contributed by atoms with Gasteiger partial charge in [0.2, 0.25) is 5.91 Å². The lowest BCUT2D eigenvalue weighted by atomic mass is 10.2. The molecule has 92 valence electrons. The van der Waals surface area contributed by atoms with Crippen LogP contribution in [-0.2, 0) is 4.79 Å². The molecule has 0 heterocycles. The zero-order chi connectivity index (χ0) is 12.8. The molecule has 0 aromatic heterocycles. The summed E-state index contributed by atoms with van der Waals surface area (Å²) < 4.78 is 18.5. The third-order valence-electron chi connectivity index (χ3n) is 2.16. The molecule has 1 aromatic carbocycles. The van der Waals surface area contributed by atoms with Gasteiger partial charge >= 0.3 is 0 Å². The van der Waals surface area contributed by atoms with E-state index in [1.807, 2.05) is 0 Å². The van der Waals surface area contributed by atoms with Crippen molar-refractivity contribution in [2.75, 3.05) is 20.7 Å². The maximum absolute atomic E-state index is 13.3. The molecule has 1 amide bonds. The number of carbonyl (C=O) groups is 2. The van der Waals surface area contributed by atoms with Gasteiger partial charge in [-0.2, -0.15) is 0 Å². The monoisotopic (exact) mass is 239 g/mol. The molecule has 0 bridgehead atoms. The Hall–Kier alpha value is -1.91. The van der Waals surface area contributed by atoms with Crippen molar-refractivity contribution in [3.63, 3.8) is 0 Å². The summed E-state index contributed by atoms with van der Waals surface area (Å²) in [7, 11) is 3.28.